The third kappa shape index (κ3) is 4.06. The van der Waals surface area contributed by atoms with E-state index in [9.17, 15) is 13.2 Å². The Kier molecular flexibility index (Phi) is 5.67. The normalized spacial score (nSPS) is 17.1. The third-order valence-corrected chi connectivity index (χ3v) is 6.99. The highest BCUT2D eigenvalue weighted by molar-refractivity contribution is 7.89. The lowest BCUT2D eigenvalue weighted by molar-refractivity contribution is 0.0687. The summed E-state index contributed by atoms with van der Waals surface area (Å²) in [4.78, 5) is 14.3. The maximum atomic E-state index is 12.9. The van der Waals surface area contributed by atoms with Gasteiger partial charge in [-0.2, -0.15) is 4.31 Å². The zero-order chi connectivity index (χ0) is 19.6. The minimum absolute atomic E-state index is 0.234. The molecule has 0 spiro atoms. The van der Waals surface area contributed by atoms with Crippen LogP contribution in [0.5, 0.6) is 0 Å². The van der Waals surface area contributed by atoms with Crippen LogP contribution in [0.25, 0.3) is 0 Å². The summed E-state index contributed by atoms with van der Waals surface area (Å²) < 4.78 is 32.1. The third-order valence-electron chi connectivity index (χ3n) is 5.07. The minimum Gasteiger partial charge on any atom is -0.361 e. The molecule has 1 aliphatic heterocycles. The first kappa shape index (κ1) is 19.6. The molecular weight excluding hydrogens is 366 g/mol. The molecule has 1 aliphatic rings. The van der Waals surface area contributed by atoms with Crippen molar-refractivity contribution < 1.29 is 17.7 Å². The van der Waals surface area contributed by atoms with Crippen molar-refractivity contribution in [2.45, 2.75) is 38.0 Å². The van der Waals surface area contributed by atoms with Crippen LogP contribution in [0.3, 0.4) is 0 Å². The number of hydrogen-bond acceptors (Lipinski definition) is 5. The van der Waals surface area contributed by atoms with Crippen molar-refractivity contribution in [2.24, 2.45) is 0 Å². The van der Waals surface area contributed by atoms with Gasteiger partial charge in [0.1, 0.15) is 5.76 Å². The summed E-state index contributed by atoms with van der Waals surface area (Å²) in [7, 11) is -3.56. The first-order chi connectivity index (χ1) is 12.8. The second-order valence-electron chi connectivity index (χ2n) is 6.90. The Hall–Kier alpha value is -2.19. The second kappa shape index (κ2) is 7.82. The molecule has 146 valence electrons. The van der Waals surface area contributed by atoms with Gasteiger partial charge >= 0.3 is 0 Å². The average molecular weight is 391 g/mol. The lowest BCUT2D eigenvalue weighted by Crippen LogP contribution is -2.50. The predicted octanol–water partition coefficient (Wildman–Crippen LogP) is 2.64. The zero-order valence-electron chi connectivity index (χ0n) is 15.9. The number of piperazine rings is 1. The van der Waals surface area contributed by atoms with E-state index in [1.165, 1.54) is 4.31 Å². The van der Waals surface area contributed by atoms with E-state index in [0.29, 0.717) is 29.7 Å². The molecule has 27 heavy (non-hydrogen) atoms. The number of nitrogens with zero attached hydrogens (tertiary/aromatic N) is 3. The highest BCUT2D eigenvalue weighted by atomic mass is 32.2. The van der Waals surface area contributed by atoms with Crippen LogP contribution in [0.4, 0.5) is 0 Å². The van der Waals surface area contributed by atoms with Gasteiger partial charge in [-0.3, -0.25) is 4.79 Å². The SMILES string of the molecule is CC[C@H](C)c1ccc(S(=O)(=O)N2CCN(C(=O)c3cc(C)on3)CC2)cc1. The van der Waals surface area contributed by atoms with Gasteiger partial charge in [-0.25, -0.2) is 8.42 Å². The standard InChI is InChI=1S/C19H25N3O4S/c1-4-14(2)16-5-7-17(8-6-16)27(24,25)22-11-9-21(10-12-22)19(23)18-13-15(3)26-20-18/h5-8,13-14H,4,9-12H2,1-3H3/t14-/m0/s1. The van der Waals surface area contributed by atoms with Crippen molar-refractivity contribution in [1.82, 2.24) is 14.4 Å². The smallest absolute Gasteiger partial charge is 0.276 e. The van der Waals surface area contributed by atoms with E-state index < -0.39 is 10.0 Å². The first-order valence-electron chi connectivity index (χ1n) is 9.15. The van der Waals surface area contributed by atoms with Gasteiger partial charge in [0.2, 0.25) is 10.0 Å². The van der Waals surface area contributed by atoms with Crippen LogP contribution < -0.4 is 0 Å². The molecule has 8 heteroatoms. The van der Waals surface area contributed by atoms with E-state index in [0.717, 1.165) is 12.0 Å². The van der Waals surface area contributed by atoms with Gasteiger partial charge < -0.3 is 9.42 Å². The molecule has 2 aromatic rings. The fraction of sp³-hybridized carbons (Fsp3) is 0.474. The number of sulfonamides is 1. The van der Waals surface area contributed by atoms with Crippen LogP contribution in [0, 0.1) is 6.92 Å². The van der Waals surface area contributed by atoms with E-state index in [-0.39, 0.29) is 24.7 Å². The molecule has 0 saturated carbocycles. The Morgan fingerprint density at radius 3 is 2.33 bits per heavy atom. The molecule has 1 amide bonds. The summed E-state index contributed by atoms with van der Waals surface area (Å²) in [6, 6.07) is 8.70. The Labute approximate surface area is 160 Å². The van der Waals surface area contributed by atoms with E-state index >= 15 is 0 Å². The summed E-state index contributed by atoms with van der Waals surface area (Å²) in [5, 5.41) is 3.74. The van der Waals surface area contributed by atoms with Gasteiger partial charge in [-0.05, 0) is 37.0 Å². The van der Waals surface area contributed by atoms with Crippen LogP contribution in [0.2, 0.25) is 0 Å². The van der Waals surface area contributed by atoms with Gasteiger partial charge in [0.25, 0.3) is 5.91 Å². The first-order valence-corrected chi connectivity index (χ1v) is 10.6. The number of rotatable bonds is 5. The number of aryl methyl sites for hydroxylation is 1. The molecule has 2 heterocycles. The van der Waals surface area contributed by atoms with Crippen LogP contribution >= 0.6 is 0 Å². The molecule has 7 nitrogen and oxygen atoms in total. The molecule has 1 atom stereocenters. The summed E-state index contributed by atoms with van der Waals surface area (Å²) in [6.45, 7) is 7.13. The summed E-state index contributed by atoms with van der Waals surface area (Å²) in [5.74, 6) is 0.735. The number of hydrogen-bond donors (Lipinski definition) is 0. The monoisotopic (exact) mass is 391 g/mol. The molecule has 1 fully saturated rings. The topological polar surface area (TPSA) is 83.7 Å². The summed E-state index contributed by atoms with van der Waals surface area (Å²) in [6.07, 6.45) is 1.01. The van der Waals surface area contributed by atoms with Crippen molar-refractivity contribution in [3.8, 4) is 0 Å². The van der Waals surface area contributed by atoms with Crippen LogP contribution in [-0.2, 0) is 10.0 Å². The minimum atomic E-state index is -3.56. The van der Waals surface area contributed by atoms with E-state index in [4.69, 9.17) is 4.52 Å². The van der Waals surface area contributed by atoms with Gasteiger partial charge in [0, 0.05) is 32.2 Å². The van der Waals surface area contributed by atoms with Crippen molar-refractivity contribution >= 4 is 15.9 Å². The van der Waals surface area contributed by atoms with Gasteiger partial charge in [-0.15, -0.1) is 0 Å². The molecule has 0 aliphatic carbocycles. The number of benzene rings is 1. The molecule has 1 saturated heterocycles. The Bertz CT molecular complexity index is 897. The van der Waals surface area contributed by atoms with E-state index in [2.05, 4.69) is 19.0 Å². The zero-order valence-corrected chi connectivity index (χ0v) is 16.7. The lowest BCUT2D eigenvalue weighted by Gasteiger charge is -2.33. The molecule has 1 aromatic heterocycles. The fourth-order valence-electron chi connectivity index (χ4n) is 3.11. The number of amides is 1. The maximum Gasteiger partial charge on any atom is 0.276 e. The summed E-state index contributed by atoms with van der Waals surface area (Å²) >= 11 is 0. The summed E-state index contributed by atoms with van der Waals surface area (Å²) in [5.41, 5.74) is 1.39. The molecule has 0 bridgehead atoms. The molecular formula is C19H25N3O4S. The van der Waals surface area contributed by atoms with Crippen LogP contribution in [0.1, 0.15) is 48.0 Å². The maximum absolute atomic E-state index is 12.9. The largest absolute Gasteiger partial charge is 0.361 e. The lowest BCUT2D eigenvalue weighted by atomic mass is 9.99. The Balaban J connectivity index is 1.66. The van der Waals surface area contributed by atoms with Crippen molar-refractivity contribution in [2.75, 3.05) is 26.2 Å². The van der Waals surface area contributed by atoms with Gasteiger partial charge in [0.15, 0.2) is 5.69 Å². The number of carbonyl (C=O) groups excluding carboxylic acids is 1. The molecule has 1 aromatic carbocycles. The highest BCUT2D eigenvalue weighted by Crippen LogP contribution is 2.23. The molecule has 0 unspecified atom stereocenters. The predicted molar refractivity (Wildman–Crippen MR) is 101 cm³/mol. The number of aromatic nitrogens is 1. The van der Waals surface area contributed by atoms with Crippen molar-refractivity contribution in [1.29, 1.82) is 0 Å². The second-order valence-corrected chi connectivity index (χ2v) is 8.84. The quantitative estimate of drug-likeness (QED) is 0.782. The highest BCUT2D eigenvalue weighted by Gasteiger charge is 2.31. The molecule has 0 radical (unpaired) electrons. The van der Waals surface area contributed by atoms with E-state index in [1.54, 1.807) is 30.0 Å². The fourth-order valence-corrected chi connectivity index (χ4v) is 4.54. The van der Waals surface area contributed by atoms with Crippen molar-refractivity contribution in [3.05, 3.63) is 47.3 Å². The Morgan fingerprint density at radius 1 is 1.19 bits per heavy atom. The van der Waals surface area contributed by atoms with Crippen LogP contribution in [-0.4, -0.2) is 54.9 Å². The van der Waals surface area contributed by atoms with Gasteiger partial charge in [-0.1, -0.05) is 31.1 Å². The van der Waals surface area contributed by atoms with Crippen molar-refractivity contribution in [3.63, 3.8) is 0 Å². The van der Waals surface area contributed by atoms with Crippen LogP contribution in [0.15, 0.2) is 39.8 Å². The van der Waals surface area contributed by atoms with E-state index in [1.807, 2.05) is 12.1 Å². The Morgan fingerprint density at radius 2 is 1.81 bits per heavy atom. The molecule has 3 rings (SSSR count). The number of carbonyl (C=O) groups is 1. The van der Waals surface area contributed by atoms with Gasteiger partial charge in [0.05, 0.1) is 4.90 Å². The average Bonchev–Trinajstić information content (AvgIpc) is 3.13. The molecule has 0 N–H and O–H groups in total.